The van der Waals surface area contributed by atoms with Gasteiger partial charge in [-0.3, -0.25) is 14.4 Å². The molecule has 4 rings (SSSR count). The Morgan fingerprint density at radius 3 is 2.21 bits per heavy atom. The van der Waals surface area contributed by atoms with Crippen molar-refractivity contribution in [1.82, 2.24) is 0 Å². The second kappa shape index (κ2) is 7.00. The number of carbonyl (C=O) groups excluding carboxylic acids is 3. The predicted molar refractivity (Wildman–Crippen MR) is 105 cm³/mol. The van der Waals surface area contributed by atoms with Crippen LogP contribution in [0.5, 0.6) is 5.75 Å². The van der Waals surface area contributed by atoms with Gasteiger partial charge in [0, 0.05) is 17.3 Å². The minimum atomic E-state index is -0.397. The van der Waals surface area contributed by atoms with Crippen LogP contribution in [-0.2, 0) is 0 Å². The summed E-state index contributed by atoms with van der Waals surface area (Å²) in [7, 11) is 1.55. The number of hydrogen-bond donors (Lipinski definition) is 1. The van der Waals surface area contributed by atoms with Gasteiger partial charge in [0.15, 0.2) is 0 Å². The second-order valence-corrected chi connectivity index (χ2v) is 6.23. The third-order valence-electron chi connectivity index (χ3n) is 4.49. The van der Waals surface area contributed by atoms with E-state index in [1.54, 1.807) is 73.8 Å². The minimum absolute atomic E-state index is 0.330. The number of ether oxygens (including phenoxy) is 1. The Labute approximate surface area is 161 Å². The summed E-state index contributed by atoms with van der Waals surface area (Å²) in [4.78, 5) is 39.0. The van der Waals surface area contributed by atoms with Gasteiger partial charge in [-0.2, -0.15) is 0 Å². The lowest BCUT2D eigenvalue weighted by Crippen LogP contribution is -2.29. The number of nitrogens with one attached hydrogen (secondary N) is 1. The first-order chi connectivity index (χ1) is 13.6. The zero-order valence-corrected chi connectivity index (χ0v) is 15.0. The lowest BCUT2D eigenvalue weighted by atomic mass is 10.1. The van der Waals surface area contributed by atoms with Crippen molar-refractivity contribution in [2.75, 3.05) is 17.3 Å². The molecule has 3 amide bonds. The molecule has 3 aromatic carbocycles. The van der Waals surface area contributed by atoms with Gasteiger partial charge < -0.3 is 10.1 Å². The third-order valence-corrected chi connectivity index (χ3v) is 4.49. The molecule has 1 N–H and O–H groups in total. The van der Waals surface area contributed by atoms with Crippen LogP contribution in [0.3, 0.4) is 0 Å². The van der Waals surface area contributed by atoms with Gasteiger partial charge in [-0.05, 0) is 42.5 Å². The van der Waals surface area contributed by atoms with Gasteiger partial charge in [0.25, 0.3) is 17.7 Å². The van der Waals surface area contributed by atoms with Gasteiger partial charge in [-0.25, -0.2) is 4.90 Å². The molecule has 6 heteroatoms. The van der Waals surface area contributed by atoms with E-state index in [-0.39, 0.29) is 5.91 Å². The number of anilines is 2. The highest BCUT2D eigenvalue weighted by Gasteiger charge is 2.36. The Bertz CT molecular complexity index is 1070. The molecule has 0 atom stereocenters. The smallest absolute Gasteiger partial charge is 0.266 e. The molecule has 0 spiro atoms. The van der Waals surface area contributed by atoms with Crippen LogP contribution in [0, 0.1) is 0 Å². The summed E-state index contributed by atoms with van der Waals surface area (Å²) in [5, 5.41) is 2.78. The minimum Gasteiger partial charge on any atom is -0.497 e. The lowest BCUT2D eigenvalue weighted by Gasteiger charge is -2.15. The van der Waals surface area contributed by atoms with Crippen molar-refractivity contribution in [2.24, 2.45) is 0 Å². The molecule has 0 bridgehead atoms. The molecular formula is C22H16N2O4. The Balaban J connectivity index is 1.61. The molecule has 0 saturated heterocycles. The van der Waals surface area contributed by atoms with E-state index in [9.17, 15) is 14.4 Å². The van der Waals surface area contributed by atoms with E-state index in [0.717, 1.165) is 4.90 Å². The molecule has 6 nitrogen and oxygen atoms in total. The molecule has 0 aromatic heterocycles. The molecule has 1 aliphatic rings. The number of amides is 3. The summed E-state index contributed by atoms with van der Waals surface area (Å²) in [6.45, 7) is 0. The van der Waals surface area contributed by atoms with Crippen molar-refractivity contribution < 1.29 is 19.1 Å². The summed E-state index contributed by atoms with van der Waals surface area (Å²) >= 11 is 0. The predicted octanol–water partition coefficient (Wildman–Crippen LogP) is 3.75. The zero-order chi connectivity index (χ0) is 19.7. The van der Waals surface area contributed by atoms with Crippen molar-refractivity contribution in [3.05, 3.63) is 89.5 Å². The normalized spacial score (nSPS) is 12.7. The van der Waals surface area contributed by atoms with Crippen molar-refractivity contribution >= 4 is 29.1 Å². The first-order valence-electron chi connectivity index (χ1n) is 8.62. The maximum absolute atomic E-state index is 12.6. The fraction of sp³-hybridized carbons (Fsp3) is 0.0455. The van der Waals surface area contributed by atoms with Gasteiger partial charge in [-0.1, -0.05) is 24.3 Å². The van der Waals surface area contributed by atoms with E-state index in [1.807, 2.05) is 0 Å². The summed E-state index contributed by atoms with van der Waals surface area (Å²) in [6, 6.07) is 20.1. The molecule has 0 aliphatic carbocycles. The molecule has 0 saturated carbocycles. The number of imide groups is 1. The van der Waals surface area contributed by atoms with Crippen LogP contribution in [0.15, 0.2) is 72.8 Å². The van der Waals surface area contributed by atoms with Crippen LogP contribution in [0.2, 0.25) is 0 Å². The number of carbonyl (C=O) groups is 3. The van der Waals surface area contributed by atoms with Crippen molar-refractivity contribution in [3.8, 4) is 5.75 Å². The maximum Gasteiger partial charge on any atom is 0.266 e. The van der Waals surface area contributed by atoms with E-state index in [1.165, 1.54) is 6.07 Å². The first-order valence-corrected chi connectivity index (χ1v) is 8.62. The first kappa shape index (κ1) is 17.5. The van der Waals surface area contributed by atoms with Crippen molar-refractivity contribution in [1.29, 1.82) is 0 Å². The van der Waals surface area contributed by atoms with Crippen LogP contribution in [0.25, 0.3) is 0 Å². The Morgan fingerprint density at radius 1 is 0.857 bits per heavy atom. The van der Waals surface area contributed by atoms with E-state index >= 15 is 0 Å². The standard InChI is InChI=1S/C22H16N2O4/c1-28-17-9-5-7-15(13-17)23-20(25)14-6-4-8-16(12-14)24-21(26)18-10-2-3-11-19(18)22(24)27/h2-13H,1H3,(H,23,25). The highest BCUT2D eigenvalue weighted by atomic mass is 16.5. The number of methoxy groups -OCH3 is 1. The van der Waals surface area contributed by atoms with E-state index in [2.05, 4.69) is 5.32 Å². The molecule has 1 aliphatic heterocycles. The molecule has 3 aromatic rings. The van der Waals surface area contributed by atoms with E-state index < -0.39 is 11.8 Å². The van der Waals surface area contributed by atoms with Gasteiger partial charge in [0.2, 0.25) is 0 Å². The number of hydrogen-bond acceptors (Lipinski definition) is 4. The van der Waals surface area contributed by atoms with Crippen LogP contribution in [0.1, 0.15) is 31.1 Å². The number of nitrogens with zero attached hydrogens (tertiary/aromatic N) is 1. The number of rotatable bonds is 4. The Morgan fingerprint density at radius 2 is 1.54 bits per heavy atom. The summed E-state index contributed by atoms with van der Waals surface area (Å²) in [5.74, 6) is -0.527. The zero-order valence-electron chi connectivity index (χ0n) is 15.0. The lowest BCUT2D eigenvalue weighted by molar-refractivity contribution is 0.0924. The third kappa shape index (κ3) is 3.01. The fourth-order valence-electron chi connectivity index (χ4n) is 3.11. The van der Waals surface area contributed by atoms with Gasteiger partial charge in [0.05, 0.1) is 23.9 Å². The topological polar surface area (TPSA) is 75.7 Å². The van der Waals surface area contributed by atoms with Gasteiger partial charge >= 0.3 is 0 Å². The molecule has 0 radical (unpaired) electrons. The summed E-state index contributed by atoms with van der Waals surface area (Å²) in [5.41, 5.74) is 1.98. The average molecular weight is 372 g/mol. The average Bonchev–Trinajstić information content (AvgIpc) is 2.99. The molecular weight excluding hydrogens is 356 g/mol. The SMILES string of the molecule is COc1cccc(NC(=O)c2cccc(N3C(=O)c4ccccc4C3=O)c2)c1. The summed E-state index contributed by atoms with van der Waals surface area (Å²) in [6.07, 6.45) is 0. The highest BCUT2D eigenvalue weighted by Crippen LogP contribution is 2.29. The van der Waals surface area contributed by atoms with Crippen LogP contribution in [-0.4, -0.2) is 24.8 Å². The quantitative estimate of drug-likeness (QED) is 0.708. The monoisotopic (exact) mass is 372 g/mol. The molecule has 138 valence electrons. The summed E-state index contributed by atoms with van der Waals surface area (Å²) < 4.78 is 5.15. The van der Waals surface area contributed by atoms with Crippen LogP contribution >= 0.6 is 0 Å². The number of benzene rings is 3. The van der Waals surface area contributed by atoms with Gasteiger partial charge in [0.1, 0.15) is 5.75 Å². The molecule has 28 heavy (non-hydrogen) atoms. The molecule has 1 heterocycles. The molecule has 0 fully saturated rings. The van der Waals surface area contributed by atoms with Crippen molar-refractivity contribution in [3.63, 3.8) is 0 Å². The largest absolute Gasteiger partial charge is 0.497 e. The number of fused-ring (bicyclic) bond motifs is 1. The Kier molecular flexibility index (Phi) is 4.37. The van der Waals surface area contributed by atoms with E-state index in [4.69, 9.17) is 4.74 Å². The van der Waals surface area contributed by atoms with Gasteiger partial charge in [-0.15, -0.1) is 0 Å². The Hall–Kier alpha value is -3.93. The van der Waals surface area contributed by atoms with Crippen LogP contribution < -0.4 is 15.0 Å². The fourth-order valence-corrected chi connectivity index (χ4v) is 3.11. The highest BCUT2D eigenvalue weighted by molar-refractivity contribution is 6.34. The van der Waals surface area contributed by atoms with Crippen LogP contribution in [0.4, 0.5) is 11.4 Å². The maximum atomic E-state index is 12.6. The van der Waals surface area contributed by atoms with E-state index in [0.29, 0.717) is 33.8 Å². The van der Waals surface area contributed by atoms with Crippen molar-refractivity contribution in [2.45, 2.75) is 0 Å². The second-order valence-electron chi connectivity index (χ2n) is 6.23. The molecule has 0 unspecified atom stereocenters.